The molecule has 0 aromatic heterocycles. The molecule has 0 rings (SSSR count). The van der Waals surface area contributed by atoms with Gasteiger partial charge in [0.1, 0.15) is 0 Å². The lowest BCUT2D eigenvalue weighted by Gasteiger charge is -1.95. The molecule has 0 bridgehead atoms. The summed E-state index contributed by atoms with van der Waals surface area (Å²) in [4.78, 5) is 0. The molecule has 0 aliphatic carbocycles. The Morgan fingerprint density at radius 2 is 1.55 bits per heavy atom. The van der Waals surface area contributed by atoms with Crippen LogP contribution >= 0.6 is 0 Å². The van der Waals surface area contributed by atoms with Gasteiger partial charge >= 0.3 is 0 Å². The zero-order valence-electron chi connectivity index (χ0n) is 6.88. The van der Waals surface area contributed by atoms with Gasteiger partial charge in [-0.05, 0) is 6.42 Å². The van der Waals surface area contributed by atoms with E-state index in [4.69, 9.17) is 0 Å². The minimum atomic E-state index is -3.96. The minimum absolute atomic E-state index is 0.198. The average molecular weight is 179 g/mol. The van der Waals surface area contributed by atoms with Gasteiger partial charge in [0.15, 0.2) is 0 Å². The van der Waals surface area contributed by atoms with Gasteiger partial charge in [-0.2, -0.15) is 8.42 Å². The van der Waals surface area contributed by atoms with Gasteiger partial charge < -0.3 is 0 Å². The molecule has 0 aromatic rings. The van der Waals surface area contributed by atoms with Crippen LogP contribution in [0.1, 0.15) is 39.0 Å². The average Bonchev–Trinajstić information content (AvgIpc) is 1.85. The van der Waals surface area contributed by atoms with E-state index < -0.39 is 10.1 Å². The van der Waals surface area contributed by atoms with E-state index in [1.54, 1.807) is 0 Å². The summed E-state index contributed by atoms with van der Waals surface area (Å²) in [7, 11) is -3.96. The molecule has 67 valence electrons. The van der Waals surface area contributed by atoms with E-state index in [-0.39, 0.29) is 5.75 Å². The van der Waals surface area contributed by atoms with Gasteiger partial charge in [-0.3, -0.25) is 0 Å². The second kappa shape index (κ2) is 5.55. The molecule has 0 unspecified atom stereocenters. The van der Waals surface area contributed by atoms with Gasteiger partial charge in [0, 0.05) is 0 Å². The summed E-state index contributed by atoms with van der Waals surface area (Å²) in [6.07, 6.45) is 4.66. The van der Waals surface area contributed by atoms with Crippen LogP contribution in [-0.4, -0.2) is 14.2 Å². The molecule has 4 heteroatoms. The minimum Gasteiger partial charge on any atom is -0.197 e. The third-order valence-corrected chi connectivity index (χ3v) is 2.29. The predicted octanol–water partition coefficient (Wildman–Crippen LogP) is 1.72. The largest absolute Gasteiger partial charge is 0.294 e. The highest BCUT2D eigenvalue weighted by atomic mass is 32.2. The Bertz CT molecular complexity index is 172. The van der Waals surface area contributed by atoms with Crippen LogP contribution in [0.2, 0.25) is 0 Å². The summed E-state index contributed by atoms with van der Waals surface area (Å²) < 4.78 is 30.3. The molecule has 0 saturated carbocycles. The highest BCUT2D eigenvalue weighted by molar-refractivity contribution is 7.85. The summed E-state index contributed by atoms with van der Waals surface area (Å²) in [6.45, 7) is 2.09. The molecule has 0 fully saturated rings. The molecule has 0 aromatic carbocycles. The monoisotopic (exact) mass is 179 g/mol. The van der Waals surface area contributed by atoms with Crippen molar-refractivity contribution >= 4 is 10.1 Å². The lowest BCUT2D eigenvalue weighted by Crippen LogP contribution is -2.01. The quantitative estimate of drug-likeness (QED) is 0.583. The summed E-state index contributed by atoms with van der Waals surface area (Å²) in [5.74, 6) is -0.198. The van der Waals surface area contributed by atoms with Crippen molar-refractivity contribution in [1.82, 2.24) is 0 Å². The normalized spacial score (nSPS) is 11.8. The Morgan fingerprint density at radius 3 is 2.00 bits per heavy atom. The van der Waals surface area contributed by atoms with E-state index in [1.807, 2.05) is 0 Å². The smallest absolute Gasteiger partial charge is 0.197 e. The lowest BCUT2D eigenvalue weighted by atomic mass is 10.2. The fraction of sp³-hybridized carbons (Fsp3) is 1.00. The molecule has 0 N–H and O–H groups in total. The molecular weight excluding hydrogens is 164 g/mol. The number of unbranched alkanes of at least 4 members (excludes halogenated alkanes) is 4. The first kappa shape index (κ1) is 10.9. The van der Waals surface area contributed by atoms with Crippen LogP contribution in [-0.2, 0) is 14.7 Å². The maximum Gasteiger partial charge on any atom is 0.294 e. The molecule has 0 aliphatic rings. The fourth-order valence-corrected chi connectivity index (χ4v) is 1.44. The van der Waals surface area contributed by atoms with Gasteiger partial charge in [-0.1, -0.05) is 37.2 Å². The van der Waals surface area contributed by atoms with Gasteiger partial charge in [-0.15, -0.1) is 0 Å². The van der Waals surface area contributed by atoms with Crippen molar-refractivity contribution in [3.63, 3.8) is 0 Å². The van der Waals surface area contributed by atoms with Crippen molar-refractivity contribution < 1.29 is 13.0 Å². The molecule has 0 heterocycles. The summed E-state index contributed by atoms with van der Waals surface area (Å²) >= 11 is 0. The Kier molecular flexibility index (Phi) is 5.50. The molecule has 0 spiro atoms. The van der Waals surface area contributed by atoms with Crippen molar-refractivity contribution in [2.75, 3.05) is 5.75 Å². The van der Waals surface area contributed by atoms with Gasteiger partial charge in [0.05, 0.1) is 5.75 Å². The van der Waals surface area contributed by atoms with E-state index in [9.17, 15) is 13.0 Å². The molecule has 0 saturated heterocycles. The van der Waals surface area contributed by atoms with Crippen LogP contribution in [0, 0.1) is 0 Å². The second-order valence-electron chi connectivity index (χ2n) is 2.68. The van der Waals surface area contributed by atoms with Crippen LogP contribution in [0.25, 0.3) is 0 Å². The van der Waals surface area contributed by atoms with Gasteiger partial charge in [0.25, 0.3) is 10.1 Å². The number of rotatable bonds is 6. The number of hydrogen-bond donors (Lipinski definition) is 0. The van der Waals surface area contributed by atoms with Gasteiger partial charge in [0.2, 0.25) is 0 Å². The summed E-state index contributed by atoms with van der Waals surface area (Å²) in [5.41, 5.74) is 0. The summed E-state index contributed by atoms with van der Waals surface area (Å²) in [6, 6.07) is 0. The van der Waals surface area contributed by atoms with Crippen molar-refractivity contribution in [2.24, 2.45) is 0 Å². The molecule has 0 aliphatic heterocycles. The second-order valence-corrected chi connectivity index (χ2v) is 4.20. The first-order valence-corrected chi connectivity index (χ1v) is 5.57. The molecular formula is C7H15O3S. The lowest BCUT2D eigenvalue weighted by molar-refractivity contribution is 0.412. The Labute approximate surface area is 68.6 Å². The first-order valence-electron chi connectivity index (χ1n) is 4.00. The molecule has 0 amide bonds. The van der Waals surface area contributed by atoms with Crippen molar-refractivity contribution in [3.05, 3.63) is 0 Å². The van der Waals surface area contributed by atoms with Crippen LogP contribution in [0.15, 0.2) is 0 Å². The van der Waals surface area contributed by atoms with Crippen molar-refractivity contribution in [3.8, 4) is 0 Å². The topological polar surface area (TPSA) is 54.0 Å². The van der Waals surface area contributed by atoms with E-state index in [2.05, 4.69) is 6.92 Å². The van der Waals surface area contributed by atoms with Gasteiger partial charge in [-0.25, -0.2) is 0 Å². The molecule has 3 nitrogen and oxygen atoms in total. The van der Waals surface area contributed by atoms with Crippen LogP contribution < -0.4 is 0 Å². The Morgan fingerprint density at radius 1 is 1.00 bits per heavy atom. The third kappa shape index (κ3) is 9.91. The third-order valence-electron chi connectivity index (χ3n) is 1.50. The van der Waals surface area contributed by atoms with Crippen molar-refractivity contribution in [2.45, 2.75) is 39.0 Å². The molecule has 11 heavy (non-hydrogen) atoms. The Hall–Kier alpha value is -0.0900. The fourth-order valence-electron chi connectivity index (χ4n) is 0.882. The SMILES string of the molecule is CCCCCCCS([O])(=O)=O. The van der Waals surface area contributed by atoms with Crippen LogP contribution in [0.4, 0.5) is 0 Å². The predicted molar refractivity (Wildman–Crippen MR) is 43.2 cm³/mol. The zero-order chi connectivity index (χ0) is 8.74. The maximum absolute atomic E-state index is 10.1. The van der Waals surface area contributed by atoms with Crippen LogP contribution in [0.3, 0.4) is 0 Å². The van der Waals surface area contributed by atoms with E-state index in [0.717, 1.165) is 25.7 Å². The first-order chi connectivity index (χ1) is 5.06. The number of hydrogen-bond acceptors (Lipinski definition) is 2. The van der Waals surface area contributed by atoms with E-state index >= 15 is 0 Å². The van der Waals surface area contributed by atoms with E-state index in [0.29, 0.717) is 6.42 Å². The summed E-state index contributed by atoms with van der Waals surface area (Å²) in [5, 5.41) is 0. The van der Waals surface area contributed by atoms with Crippen molar-refractivity contribution in [1.29, 1.82) is 0 Å². The van der Waals surface area contributed by atoms with Crippen LogP contribution in [0.5, 0.6) is 0 Å². The van der Waals surface area contributed by atoms with E-state index in [1.165, 1.54) is 0 Å². The highest BCUT2D eigenvalue weighted by Crippen LogP contribution is 2.03. The maximum atomic E-state index is 10.1. The molecule has 0 atom stereocenters. The standard InChI is InChI=1S/C7H15O3S/c1-2-3-4-5-6-7-11(8,9)10/h2-7H2,1H3. The highest BCUT2D eigenvalue weighted by Gasteiger charge is 2.04. The zero-order valence-corrected chi connectivity index (χ0v) is 7.69. The Balaban J connectivity index is 3.16. The molecule has 1 radical (unpaired) electrons.